The topological polar surface area (TPSA) is 54.0 Å². The number of benzene rings is 2. The van der Waals surface area contributed by atoms with E-state index >= 15 is 0 Å². The molecule has 2 aromatic carbocycles. The summed E-state index contributed by atoms with van der Waals surface area (Å²) in [6.07, 6.45) is 5.51. The summed E-state index contributed by atoms with van der Waals surface area (Å²) >= 11 is 1.67. The Morgan fingerprint density at radius 1 is 1.12 bits per heavy atom. The van der Waals surface area contributed by atoms with E-state index in [9.17, 15) is 0 Å². The van der Waals surface area contributed by atoms with E-state index in [-0.39, 0.29) is 0 Å². The van der Waals surface area contributed by atoms with Crippen molar-refractivity contribution >= 4 is 22.8 Å². The highest BCUT2D eigenvalue weighted by molar-refractivity contribution is 7.98. The largest absolute Gasteiger partial charge is 0.492 e. The summed E-state index contributed by atoms with van der Waals surface area (Å²) in [7, 11) is 2.21. The van der Waals surface area contributed by atoms with Gasteiger partial charge in [0, 0.05) is 30.1 Å². The average Bonchev–Trinajstić information content (AvgIpc) is 3.27. The van der Waals surface area contributed by atoms with Crippen molar-refractivity contribution < 1.29 is 4.74 Å². The van der Waals surface area contributed by atoms with Crippen LogP contribution in [0.3, 0.4) is 0 Å². The Morgan fingerprint density at radius 2 is 1.97 bits per heavy atom. The SMILES string of the molecule is Cc1c(OCCN(C)C2CCCc3ccccc32)ccnc1CSc1nc2ccccc2[nH]1. The Bertz CT molecular complexity index is 1200. The number of imidazole rings is 1. The molecule has 2 aromatic heterocycles. The van der Waals surface area contributed by atoms with E-state index in [1.165, 1.54) is 30.4 Å². The number of ether oxygens (including phenoxy) is 1. The van der Waals surface area contributed by atoms with Crippen molar-refractivity contribution in [3.63, 3.8) is 0 Å². The monoisotopic (exact) mass is 458 g/mol. The lowest BCUT2D eigenvalue weighted by molar-refractivity contribution is 0.177. The fourth-order valence-electron chi connectivity index (χ4n) is 4.64. The molecule has 0 saturated carbocycles. The molecule has 5 rings (SSSR count). The Morgan fingerprint density at radius 3 is 2.88 bits per heavy atom. The smallest absolute Gasteiger partial charge is 0.166 e. The van der Waals surface area contributed by atoms with E-state index in [2.05, 4.69) is 58.1 Å². The van der Waals surface area contributed by atoms with Crippen LogP contribution in [0.2, 0.25) is 0 Å². The van der Waals surface area contributed by atoms with Crippen LogP contribution in [0.25, 0.3) is 11.0 Å². The van der Waals surface area contributed by atoms with Gasteiger partial charge in [-0.05, 0) is 62.6 Å². The van der Waals surface area contributed by atoms with E-state index in [1.54, 1.807) is 11.8 Å². The minimum Gasteiger partial charge on any atom is -0.492 e. The molecule has 0 aliphatic heterocycles. The van der Waals surface area contributed by atoms with E-state index < -0.39 is 0 Å². The number of thioether (sulfide) groups is 1. The number of H-pyrrole nitrogens is 1. The standard InChI is InChI=1S/C27H30N4OS/c1-19-24(18-33-27-29-22-11-5-6-12-23(22)30-27)28-15-14-26(19)32-17-16-31(2)25-13-7-9-20-8-3-4-10-21(20)25/h3-6,8,10-12,14-15,25H,7,9,13,16-18H2,1-2H3,(H,29,30). The maximum Gasteiger partial charge on any atom is 0.166 e. The molecule has 0 radical (unpaired) electrons. The van der Waals surface area contributed by atoms with Crippen molar-refractivity contribution in [1.29, 1.82) is 0 Å². The maximum absolute atomic E-state index is 6.21. The molecule has 0 spiro atoms. The number of aromatic amines is 1. The second kappa shape index (κ2) is 9.98. The van der Waals surface area contributed by atoms with Crippen LogP contribution < -0.4 is 4.74 Å². The van der Waals surface area contributed by atoms with Crippen LogP contribution in [-0.4, -0.2) is 40.1 Å². The minimum atomic E-state index is 0.479. The molecule has 1 atom stereocenters. The van der Waals surface area contributed by atoms with Crippen LogP contribution in [-0.2, 0) is 12.2 Å². The van der Waals surface area contributed by atoms with Gasteiger partial charge in [0.1, 0.15) is 12.4 Å². The molecule has 1 aliphatic carbocycles. The zero-order chi connectivity index (χ0) is 22.6. The number of nitrogens with one attached hydrogen (secondary N) is 1. The van der Waals surface area contributed by atoms with Crippen molar-refractivity contribution in [2.45, 2.75) is 43.1 Å². The molecular formula is C27H30N4OS. The number of aromatic nitrogens is 3. The summed E-state index contributed by atoms with van der Waals surface area (Å²) in [4.78, 5) is 15.1. The van der Waals surface area contributed by atoms with Gasteiger partial charge in [0.05, 0.1) is 16.7 Å². The summed E-state index contributed by atoms with van der Waals surface area (Å²) in [5.41, 5.74) is 7.17. The van der Waals surface area contributed by atoms with Crippen LogP contribution in [0.15, 0.2) is 66.0 Å². The van der Waals surface area contributed by atoms with Gasteiger partial charge in [-0.25, -0.2) is 4.98 Å². The predicted octanol–water partition coefficient (Wildman–Crippen LogP) is 5.95. The first-order valence-corrected chi connectivity index (χ1v) is 12.6. The molecule has 4 aromatic rings. The first kappa shape index (κ1) is 22.0. The zero-order valence-corrected chi connectivity index (χ0v) is 20.1. The molecule has 170 valence electrons. The number of para-hydroxylation sites is 2. The van der Waals surface area contributed by atoms with Crippen molar-refractivity contribution in [2.75, 3.05) is 20.2 Å². The van der Waals surface area contributed by atoms with Gasteiger partial charge >= 0.3 is 0 Å². The van der Waals surface area contributed by atoms with Crippen molar-refractivity contribution in [1.82, 2.24) is 19.9 Å². The van der Waals surface area contributed by atoms with Gasteiger partial charge in [-0.1, -0.05) is 48.2 Å². The third-order valence-corrected chi connectivity index (χ3v) is 7.43. The van der Waals surface area contributed by atoms with Crippen LogP contribution in [0.5, 0.6) is 5.75 Å². The lowest BCUT2D eigenvalue weighted by Gasteiger charge is -2.33. The highest BCUT2D eigenvalue weighted by Gasteiger charge is 2.23. The van der Waals surface area contributed by atoms with E-state index in [1.807, 2.05) is 36.5 Å². The van der Waals surface area contributed by atoms with Crippen molar-refractivity contribution in [2.24, 2.45) is 0 Å². The van der Waals surface area contributed by atoms with Crippen LogP contribution in [0, 0.1) is 6.92 Å². The summed E-state index contributed by atoms with van der Waals surface area (Å²) in [6, 6.07) is 19.4. The first-order chi connectivity index (χ1) is 16.2. The molecule has 1 N–H and O–H groups in total. The summed E-state index contributed by atoms with van der Waals surface area (Å²) in [5, 5.41) is 0.915. The number of nitrogens with zero attached hydrogens (tertiary/aromatic N) is 3. The van der Waals surface area contributed by atoms with Gasteiger partial charge in [0.15, 0.2) is 5.16 Å². The molecule has 0 bridgehead atoms. The molecular weight excluding hydrogens is 428 g/mol. The number of aryl methyl sites for hydroxylation is 1. The van der Waals surface area contributed by atoms with Crippen molar-refractivity contribution in [3.8, 4) is 5.75 Å². The Balaban J connectivity index is 1.18. The van der Waals surface area contributed by atoms with Crippen LogP contribution >= 0.6 is 11.8 Å². The summed E-state index contributed by atoms with van der Waals surface area (Å²) in [6.45, 7) is 3.65. The fraction of sp³-hybridized carbons (Fsp3) is 0.333. The maximum atomic E-state index is 6.21. The van der Waals surface area contributed by atoms with Gasteiger partial charge in [0.25, 0.3) is 0 Å². The second-order valence-electron chi connectivity index (χ2n) is 8.66. The van der Waals surface area contributed by atoms with Crippen molar-refractivity contribution in [3.05, 3.63) is 83.2 Å². The number of rotatable bonds is 8. The minimum absolute atomic E-state index is 0.479. The zero-order valence-electron chi connectivity index (χ0n) is 19.3. The molecule has 0 fully saturated rings. The number of hydrogen-bond donors (Lipinski definition) is 1. The van der Waals surface area contributed by atoms with Gasteiger partial charge in [-0.2, -0.15) is 0 Å². The van der Waals surface area contributed by atoms with E-state index in [0.717, 1.165) is 45.5 Å². The van der Waals surface area contributed by atoms with Crippen LogP contribution in [0.4, 0.5) is 0 Å². The number of hydrogen-bond acceptors (Lipinski definition) is 5. The number of pyridine rings is 1. The Labute approximate surface area is 199 Å². The summed E-state index contributed by atoms with van der Waals surface area (Å²) < 4.78 is 6.21. The van der Waals surface area contributed by atoms with Gasteiger partial charge in [0.2, 0.25) is 0 Å². The van der Waals surface area contributed by atoms with Gasteiger partial charge < -0.3 is 9.72 Å². The highest BCUT2D eigenvalue weighted by Crippen LogP contribution is 2.33. The van der Waals surface area contributed by atoms with Gasteiger partial charge in [-0.15, -0.1) is 0 Å². The fourth-order valence-corrected chi connectivity index (χ4v) is 5.55. The lowest BCUT2D eigenvalue weighted by Crippen LogP contribution is -2.31. The molecule has 6 heteroatoms. The predicted molar refractivity (Wildman–Crippen MR) is 135 cm³/mol. The molecule has 2 heterocycles. The molecule has 1 aliphatic rings. The van der Waals surface area contributed by atoms with E-state index in [0.29, 0.717) is 12.6 Å². The Hall–Kier alpha value is -2.83. The molecule has 0 saturated heterocycles. The second-order valence-corrected chi connectivity index (χ2v) is 9.63. The quantitative estimate of drug-likeness (QED) is 0.331. The average molecular weight is 459 g/mol. The highest BCUT2D eigenvalue weighted by atomic mass is 32.2. The van der Waals surface area contributed by atoms with Gasteiger partial charge in [-0.3, -0.25) is 9.88 Å². The Kier molecular flexibility index (Phi) is 6.65. The summed E-state index contributed by atoms with van der Waals surface area (Å²) in [5.74, 6) is 1.67. The third-order valence-electron chi connectivity index (χ3n) is 6.54. The van der Waals surface area contributed by atoms with Crippen LogP contribution in [0.1, 0.15) is 41.3 Å². The van der Waals surface area contributed by atoms with E-state index in [4.69, 9.17) is 4.74 Å². The molecule has 0 amide bonds. The molecule has 33 heavy (non-hydrogen) atoms. The molecule has 1 unspecified atom stereocenters. The number of fused-ring (bicyclic) bond motifs is 2. The molecule has 5 nitrogen and oxygen atoms in total. The normalized spacial score (nSPS) is 15.7. The first-order valence-electron chi connectivity index (χ1n) is 11.6. The number of likely N-dealkylation sites (N-methyl/N-ethyl adjacent to an activating group) is 1. The lowest BCUT2D eigenvalue weighted by atomic mass is 9.87. The third kappa shape index (κ3) is 4.92.